The number of amides is 2. The van der Waals surface area contributed by atoms with Gasteiger partial charge in [0.25, 0.3) is 0 Å². The molecule has 0 radical (unpaired) electrons. The summed E-state index contributed by atoms with van der Waals surface area (Å²) in [6.45, 7) is 2.68. The second-order valence-corrected chi connectivity index (χ2v) is 4.84. The van der Waals surface area contributed by atoms with Crippen molar-refractivity contribution in [1.29, 1.82) is 0 Å². The molecule has 0 aliphatic carbocycles. The minimum atomic E-state index is -0.190. The number of benzene rings is 1. The molecule has 0 unspecified atom stereocenters. The molecule has 1 aliphatic rings. The highest BCUT2D eigenvalue weighted by atomic mass is 35.5. The van der Waals surface area contributed by atoms with Crippen molar-refractivity contribution in [1.82, 2.24) is 4.90 Å². The molecule has 5 heteroatoms. The topological polar surface area (TPSA) is 49.4 Å². The SMILES string of the molecule is Cc1ccc(NC(=O)CN2CCCC2=O)cc1Cl. The van der Waals surface area contributed by atoms with E-state index in [2.05, 4.69) is 5.32 Å². The molecule has 0 saturated carbocycles. The number of rotatable bonds is 3. The fraction of sp³-hybridized carbons (Fsp3) is 0.385. The summed E-state index contributed by atoms with van der Waals surface area (Å²) in [5.41, 5.74) is 1.62. The maximum atomic E-state index is 11.8. The van der Waals surface area contributed by atoms with E-state index in [-0.39, 0.29) is 18.4 Å². The average molecular weight is 267 g/mol. The zero-order valence-electron chi connectivity index (χ0n) is 10.2. The highest BCUT2D eigenvalue weighted by Crippen LogP contribution is 2.20. The van der Waals surface area contributed by atoms with Gasteiger partial charge in [0.05, 0.1) is 6.54 Å². The normalized spacial score (nSPS) is 15.0. The first-order valence-electron chi connectivity index (χ1n) is 5.90. The van der Waals surface area contributed by atoms with E-state index in [0.29, 0.717) is 23.7 Å². The third kappa shape index (κ3) is 3.01. The first-order valence-corrected chi connectivity index (χ1v) is 6.28. The standard InChI is InChI=1S/C13H15ClN2O2/c1-9-4-5-10(7-11(9)14)15-12(17)8-16-6-2-3-13(16)18/h4-5,7H,2-3,6,8H2,1H3,(H,15,17). The Labute approximate surface area is 111 Å². The molecule has 2 rings (SSSR count). The Morgan fingerprint density at radius 1 is 1.50 bits per heavy atom. The molecular formula is C13H15ClN2O2. The summed E-state index contributed by atoms with van der Waals surface area (Å²) in [6, 6.07) is 5.35. The van der Waals surface area contributed by atoms with Crippen molar-refractivity contribution in [3.05, 3.63) is 28.8 Å². The van der Waals surface area contributed by atoms with Crippen LogP contribution in [-0.4, -0.2) is 29.8 Å². The maximum Gasteiger partial charge on any atom is 0.243 e. The number of aryl methyl sites for hydroxylation is 1. The van der Waals surface area contributed by atoms with E-state index in [1.807, 2.05) is 13.0 Å². The minimum absolute atomic E-state index is 0.0482. The van der Waals surface area contributed by atoms with Crippen LogP contribution in [0.25, 0.3) is 0 Å². The average Bonchev–Trinajstić information content (AvgIpc) is 2.70. The predicted octanol–water partition coefficient (Wildman–Crippen LogP) is 2.21. The van der Waals surface area contributed by atoms with Gasteiger partial charge in [-0.25, -0.2) is 0 Å². The highest BCUT2D eigenvalue weighted by molar-refractivity contribution is 6.31. The first-order chi connectivity index (χ1) is 8.56. The molecule has 2 amide bonds. The van der Waals surface area contributed by atoms with Gasteiger partial charge in [-0.05, 0) is 31.0 Å². The highest BCUT2D eigenvalue weighted by Gasteiger charge is 2.22. The zero-order valence-corrected chi connectivity index (χ0v) is 11.0. The first kappa shape index (κ1) is 12.9. The molecule has 1 aliphatic heterocycles. The Hall–Kier alpha value is -1.55. The molecule has 0 aromatic heterocycles. The van der Waals surface area contributed by atoms with E-state index in [4.69, 9.17) is 11.6 Å². The van der Waals surface area contributed by atoms with E-state index in [0.717, 1.165) is 12.0 Å². The molecule has 1 N–H and O–H groups in total. The summed E-state index contributed by atoms with van der Waals surface area (Å²) >= 11 is 5.97. The second-order valence-electron chi connectivity index (χ2n) is 4.43. The predicted molar refractivity (Wildman–Crippen MR) is 70.6 cm³/mol. The van der Waals surface area contributed by atoms with E-state index in [9.17, 15) is 9.59 Å². The number of hydrogen-bond donors (Lipinski definition) is 1. The van der Waals surface area contributed by atoms with Gasteiger partial charge in [-0.3, -0.25) is 9.59 Å². The minimum Gasteiger partial charge on any atom is -0.333 e. The van der Waals surface area contributed by atoms with Crippen LogP contribution in [0.1, 0.15) is 18.4 Å². The molecule has 1 saturated heterocycles. The Balaban J connectivity index is 1.94. The number of carbonyl (C=O) groups is 2. The monoisotopic (exact) mass is 266 g/mol. The van der Waals surface area contributed by atoms with Crippen LogP contribution in [0, 0.1) is 6.92 Å². The Morgan fingerprint density at radius 3 is 2.89 bits per heavy atom. The van der Waals surface area contributed by atoms with Crippen molar-refractivity contribution >= 4 is 29.1 Å². The van der Waals surface area contributed by atoms with Gasteiger partial charge >= 0.3 is 0 Å². The molecule has 18 heavy (non-hydrogen) atoms. The number of carbonyl (C=O) groups excluding carboxylic acids is 2. The number of anilines is 1. The molecule has 1 aromatic carbocycles. The third-order valence-electron chi connectivity index (χ3n) is 2.96. The number of nitrogens with zero attached hydrogens (tertiary/aromatic N) is 1. The molecule has 0 spiro atoms. The molecule has 0 bridgehead atoms. The summed E-state index contributed by atoms with van der Waals surface area (Å²) in [4.78, 5) is 24.7. The summed E-state index contributed by atoms with van der Waals surface area (Å²) in [5, 5.41) is 3.36. The second kappa shape index (κ2) is 5.40. The molecule has 0 atom stereocenters. The van der Waals surface area contributed by atoms with Crippen LogP contribution in [0.4, 0.5) is 5.69 Å². The summed E-state index contributed by atoms with van der Waals surface area (Å²) < 4.78 is 0. The van der Waals surface area contributed by atoms with Crippen LogP contribution in [0.3, 0.4) is 0 Å². The van der Waals surface area contributed by atoms with Crippen molar-refractivity contribution in [3.63, 3.8) is 0 Å². The Kier molecular flexibility index (Phi) is 3.87. The van der Waals surface area contributed by atoms with Gasteiger partial charge in [0.15, 0.2) is 0 Å². The summed E-state index contributed by atoms with van der Waals surface area (Å²) in [6.07, 6.45) is 1.38. The van der Waals surface area contributed by atoms with Gasteiger partial charge < -0.3 is 10.2 Å². The van der Waals surface area contributed by atoms with Crippen LogP contribution in [0.2, 0.25) is 5.02 Å². The van der Waals surface area contributed by atoms with Crippen molar-refractivity contribution in [2.75, 3.05) is 18.4 Å². The van der Waals surface area contributed by atoms with Crippen molar-refractivity contribution in [3.8, 4) is 0 Å². The number of hydrogen-bond acceptors (Lipinski definition) is 2. The third-order valence-corrected chi connectivity index (χ3v) is 3.37. The Bertz CT molecular complexity index is 488. The van der Waals surface area contributed by atoms with Crippen molar-refractivity contribution < 1.29 is 9.59 Å². The number of halogens is 1. The fourth-order valence-corrected chi connectivity index (χ4v) is 2.10. The van der Waals surface area contributed by atoms with Crippen LogP contribution in [-0.2, 0) is 9.59 Å². The molecule has 4 nitrogen and oxygen atoms in total. The van der Waals surface area contributed by atoms with E-state index < -0.39 is 0 Å². The van der Waals surface area contributed by atoms with Crippen molar-refractivity contribution in [2.24, 2.45) is 0 Å². The lowest BCUT2D eigenvalue weighted by Crippen LogP contribution is -2.33. The van der Waals surface area contributed by atoms with Crippen LogP contribution >= 0.6 is 11.6 Å². The van der Waals surface area contributed by atoms with E-state index in [1.165, 1.54) is 0 Å². The zero-order chi connectivity index (χ0) is 13.1. The quantitative estimate of drug-likeness (QED) is 0.912. The smallest absolute Gasteiger partial charge is 0.243 e. The van der Waals surface area contributed by atoms with Gasteiger partial charge in [0, 0.05) is 23.7 Å². The van der Waals surface area contributed by atoms with E-state index >= 15 is 0 Å². The number of likely N-dealkylation sites (tertiary alicyclic amines) is 1. The van der Waals surface area contributed by atoms with Gasteiger partial charge in [0.2, 0.25) is 11.8 Å². The van der Waals surface area contributed by atoms with Gasteiger partial charge in [0.1, 0.15) is 0 Å². The molecule has 1 heterocycles. The molecule has 1 aromatic rings. The van der Waals surface area contributed by atoms with E-state index in [1.54, 1.807) is 17.0 Å². The Morgan fingerprint density at radius 2 is 2.28 bits per heavy atom. The molecular weight excluding hydrogens is 252 g/mol. The van der Waals surface area contributed by atoms with Gasteiger partial charge in [-0.15, -0.1) is 0 Å². The van der Waals surface area contributed by atoms with Crippen LogP contribution in [0.5, 0.6) is 0 Å². The summed E-state index contributed by atoms with van der Waals surface area (Å²) in [7, 11) is 0. The van der Waals surface area contributed by atoms with Crippen LogP contribution in [0.15, 0.2) is 18.2 Å². The lowest BCUT2D eigenvalue weighted by Gasteiger charge is -2.15. The lowest BCUT2D eigenvalue weighted by atomic mass is 10.2. The largest absolute Gasteiger partial charge is 0.333 e. The van der Waals surface area contributed by atoms with Crippen molar-refractivity contribution in [2.45, 2.75) is 19.8 Å². The summed E-state index contributed by atoms with van der Waals surface area (Å²) in [5.74, 6) is -0.141. The lowest BCUT2D eigenvalue weighted by molar-refractivity contribution is -0.131. The molecule has 1 fully saturated rings. The maximum absolute atomic E-state index is 11.8. The van der Waals surface area contributed by atoms with Crippen LogP contribution < -0.4 is 5.32 Å². The van der Waals surface area contributed by atoms with Gasteiger partial charge in [-0.1, -0.05) is 17.7 Å². The molecule has 96 valence electrons. The van der Waals surface area contributed by atoms with Gasteiger partial charge in [-0.2, -0.15) is 0 Å². The number of nitrogens with one attached hydrogen (secondary N) is 1. The fourth-order valence-electron chi connectivity index (χ4n) is 1.92.